The maximum absolute atomic E-state index is 13.9. The second-order valence-electron chi connectivity index (χ2n) is 9.80. The van der Waals surface area contributed by atoms with Crippen LogP contribution in [0.5, 0.6) is 0 Å². The quantitative estimate of drug-likeness (QED) is 0.411. The number of alkyl halides is 3. The van der Waals surface area contributed by atoms with Crippen LogP contribution < -0.4 is 10.2 Å². The molecule has 13 heteroatoms. The fraction of sp³-hybridized carbons (Fsp3) is 0.500. The lowest BCUT2D eigenvalue weighted by Crippen LogP contribution is -2.69. The Morgan fingerprint density at radius 1 is 1.21 bits per heavy atom. The van der Waals surface area contributed by atoms with Crippen LogP contribution in [0.25, 0.3) is 10.6 Å². The zero-order valence-corrected chi connectivity index (χ0v) is 23.0. The van der Waals surface area contributed by atoms with Gasteiger partial charge in [-0.15, -0.1) is 23.1 Å². The molecule has 208 valence electrons. The van der Waals surface area contributed by atoms with Crippen LogP contribution in [0.1, 0.15) is 29.5 Å². The summed E-state index contributed by atoms with van der Waals surface area (Å²) in [6.07, 6.45) is -1.96. The zero-order valence-electron chi connectivity index (χ0n) is 21.4. The molecule has 3 saturated heterocycles. The molecule has 2 N–H and O–H groups in total. The average molecular weight is 579 g/mol. The minimum atomic E-state index is -4.58. The van der Waals surface area contributed by atoms with E-state index in [2.05, 4.69) is 25.1 Å². The van der Waals surface area contributed by atoms with Crippen molar-refractivity contribution in [2.75, 3.05) is 48.8 Å². The number of ether oxygens (including phenoxy) is 1. The first kappa shape index (κ1) is 26.8. The molecule has 0 amide bonds. The average Bonchev–Trinajstić information content (AvgIpc) is 3.21. The highest BCUT2D eigenvalue weighted by Crippen LogP contribution is 2.43. The zero-order chi connectivity index (χ0) is 27.1. The van der Waals surface area contributed by atoms with Crippen molar-refractivity contribution in [1.29, 1.82) is 0 Å². The Morgan fingerprint density at radius 2 is 2.03 bits per heavy atom. The summed E-state index contributed by atoms with van der Waals surface area (Å²) in [4.78, 5) is 20.2. The second kappa shape index (κ2) is 10.8. The number of hydrogen-bond donors (Lipinski definition) is 2. The van der Waals surface area contributed by atoms with E-state index in [-0.39, 0.29) is 18.2 Å². The molecule has 0 saturated carbocycles. The summed E-state index contributed by atoms with van der Waals surface area (Å²) in [6, 6.07) is 6.46. The molecule has 8 nitrogen and oxygen atoms in total. The molecule has 3 fully saturated rings. The van der Waals surface area contributed by atoms with Gasteiger partial charge in [0, 0.05) is 53.4 Å². The SMILES string of the molecule is CCc1nc(N2CC3CC(C2)N3CCO)ccc1Nc1ncc(C(F)(F)F)c(-c2cc3c(s2)COCCS3)n1. The first-order chi connectivity index (χ1) is 18.8. The molecule has 2 unspecified atom stereocenters. The number of piperazine rings is 1. The predicted molar refractivity (Wildman–Crippen MR) is 146 cm³/mol. The van der Waals surface area contributed by atoms with E-state index >= 15 is 0 Å². The number of thiophene rings is 1. The van der Waals surface area contributed by atoms with Gasteiger partial charge in [0.25, 0.3) is 0 Å². The minimum Gasteiger partial charge on any atom is -0.395 e. The van der Waals surface area contributed by atoms with Crippen LogP contribution in [0.2, 0.25) is 0 Å². The van der Waals surface area contributed by atoms with Crippen LogP contribution in [0.15, 0.2) is 29.3 Å². The number of aliphatic hydroxyl groups is 1. The first-order valence-electron chi connectivity index (χ1n) is 13.0. The molecule has 0 aliphatic carbocycles. The molecule has 2 atom stereocenters. The maximum atomic E-state index is 13.9. The largest absolute Gasteiger partial charge is 0.420 e. The van der Waals surface area contributed by atoms with E-state index in [4.69, 9.17) is 9.72 Å². The van der Waals surface area contributed by atoms with E-state index in [0.717, 1.165) is 52.7 Å². The van der Waals surface area contributed by atoms with Crippen LogP contribution in [-0.2, 0) is 23.9 Å². The van der Waals surface area contributed by atoms with Gasteiger partial charge in [0.2, 0.25) is 5.95 Å². The third-order valence-corrected chi connectivity index (χ3v) is 9.67. The normalized spacial score (nSPS) is 21.3. The van der Waals surface area contributed by atoms with Crippen LogP contribution in [-0.4, -0.2) is 75.6 Å². The highest BCUT2D eigenvalue weighted by atomic mass is 32.2. The number of rotatable bonds is 7. The minimum absolute atomic E-state index is 0.0913. The van der Waals surface area contributed by atoms with Gasteiger partial charge in [-0.25, -0.2) is 15.0 Å². The predicted octanol–water partition coefficient (Wildman–Crippen LogP) is 4.80. The third-order valence-electron chi connectivity index (χ3n) is 7.38. The summed E-state index contributed by atoms with van der Waals surface area (Å²) >= 11 is 2.87. The van der Waals surface area contributed by atoms with Gasteiger partial charge in [0.1, 0.15) is 11.4 Å². The highest BCUT2D eigenvalue weighted by molar-refractivity contribution is 7.99. The van der Waals surface area contributed by atoms with Crippen molar-refractivity contribution >= 4 is 40.6 Å². The molecular weight excluding hydrogens is 549 g/mol. The van der Waals surface area contributed by atoms with E-state index < -0.39 is 11.7 Å². The Morgan fingerprint density at radius 3 is 2.77 bits per heavy atom. The molecule has 2 bridgehead atoms. The number of halogens is 3. The van der Waals surface area contributed by atoms with Crippen molar-refractivity contribution in [2.45, 2.75) is 49.5 Å². The molecule has 7 rings (SSSR count). The molecule has 4 aliphatic rings. The summed E-state index contributed by atoms with van der Waals surface area (Å²) in [5, 5.41) is 12.4. The van der Waals surface area contributed by atoms with Crippen LogP contribution in [0, 0.1) is 0 Å². The summed E-state index contributed by atoms with van der Waals surface area (Å²) in [6.45, 7) is 5.59. The highest BCUT2D eigenvalue weighted by Gasteiger charge is 2.44. The standard InChI is InChI=1S/C26H29F3N6O2S2/c1-2-18-19(3-4-23(31-18)34-12-15-9-16(13-34)35(15)5-6-36)32-25-30-11-17(26(27,28)29)24(33-25)21-10-20-22(39-21)14-37-7-8-38-20/h3-4,10-11,15-16,36H,2,5-9,12-14H2,1H3,(H,30,32,33). The fourth-order valence-corrected chi connectivity index (χ4v) is 7.70. The Balaban J connectivity index is 1.26. The summed E-state index contributed by atoms with van der Waals surface area (Å²) < 4.78 is 47.3. The molecule has 3 aromatic heterocycles. The van der Waals surface area contributed by atoms with E-state index in [1.807, 2.05) is 19.1 Å². The van der Waals surface area contributed by atoms with E-state index in [1.165, 1.54) is 11.3 Å². The molecule has 39 heavy (non-hydrogen) atoms. The van der Waals surface area contributed by atoms with Gasteiger partial charge in [-0.2, -0.15) is 13.2 Å². The topological polar surface area (TPSA) is 86.6 Å². The number of anilines is 3. The Kier molecular flexibility index (Phi) is 7.44. The number of nitrogens with one attached hydrogen (secondary N) is 1. The number of nitrogens with zero attached hydrogens (tertiary/aromatic N) is 5. The van der Waals surface area contributed by atoms with Crippen molar-refractivity contribution in [2.24, 2.45) is 0 Å². The number of aromatic nitrogens is 3. The third kappa shape index (κ3) is 5.34. The Hall–Kier alpha value is -2.45. The Labute approximate surface area is 232 Å². The molecule has 7 heterocycles. The van der Waals surface area contributed by atoms with Gasteiger partial charge in [-0.3, -0.25) is 4.90 Å². The van der Waals surface area contributed by atoms with E-state index in [0.29, 0.717) is 48.8 Å². The number of thioether (sulfide) groups is 1. The summed E-state index contributed by atoms with van der Waals surface area (Å²) in [5.41, 5.74) is 0.460. The van der Waals surface area contributed by atoms with Gasteiger partial charge in [-0.05, 0) is 31.0 Å². The van der Waals surface area contributed by atoms with Gasteiger partial charge in [0.15, 0.2) is 0 Å². The lowest BCUT2D eigenvalue weighted by atomic mass is 9.87. The van der Waals surface area contributed by atoms with E-state index in [9.17, 15) is 18.3 Å². The van der Waals surface area contributed by atoms with Crippen LogP contribution in [0.3, 0.4) is 0 Å². The number of hydrogen-bond acceptors (Lipinski definition) is 10. The number of aryl methyl sites for hydroxylation is 1. The number of pyridine rings is 1. The lowest BCUT2D eigenvalue weighted by molar-refractivity contribution is -0.137. The molecule has 0 radical (unpaired) electrons. The molecular formula is C26H29F3N6O2S2. The van der Waals surface area contributed by atoms with Crippen molar-refractivity contribution in [1.82, 2.24) is 19.9 Å². The molecule has 4 aliphatic heterocycles. The van der Waals surface area contributed by atoms with Crippen molar-refractivity contribution < 1.29 is 23.0 Å². The van der Waals surface area contributed by atoms with Gasteiger partial charge >= 0.3 is 6.18 Å². The monoisotopic (exact) mass is 578 g/mol. The lowest BCUT2D eigenvalue weighted by Gasteiger charge is -2.56. The molecule has 3 aromatic rings. The van der Waals surface area contributed by atoms with Crippen LogP contribution >= 0.6 is 23.1 Å². The Bertz CT molecular complexity index is 1320. The van der Waals surface area contributed by atoms with Crippen molar-refractivity contribution in [3.63, 3.8) is 0 Å². The van der Waals surface area contributed by atoms with Crippen molar-refractivity contribution in [3.05, 3.63) is 40.5 Å². The van der Waals surface area contributed by atoms with Gasteiger partial charge < -0.3 is 20.1 Å². The summed E-state index contributed by atoms with van der Waals surface area (Å²) in [7, 11) is 0. The van der Waals surface area contributed by atoms with Gasteiger partial charge in [-0.1, -0.05) is 6.92 Å². The summed E-state index contributed by atoms with van der Waals surface area (Å²) in [5.74, 6) is 1.73. The molecule has 0 spiro atoms. The number of fused-ring (bicyclic) bond motifs is 3. The molecule has 0 aromatic carbocycles. The number of aliphatic hydroxyl groups excluding tert-OH is 1. The maximum Gasteiger partial charge on any atom is 0.420 e. The van der Waals surface area contributed by atoms with Gasteiger partial charge in [0.05, 0.1) is 41.8 Å². The van der Waals surface area contributed by atoms with Crippen molar-refractivity contribution in [3.8, 4) is 10.6 Å². The first-order valence-corrected chi connectivity index (χ1v) is 14.8. The smallest absolute Gasteiger partial charge is 0.395 e. The second-order valence-corrected chi connectivity index (χ2v) is 12.1. The fourth-order valence-electron chi connectivity index (χ4n) is 5.49. The van der Waals surface area contributed by atoms with Crippen LogP contribution in [0.4, 0.5) is 30.6 Å². The number of piperidine rings is 1. The van der Waals surface area contributed by atoms with E-state index in [1.54, 1.807) is 17.8 Å².